The van der Waals surface area contributed by atoms with Crippen LogP contribution in [0.4, 0.5) is 24.5 Å². The second kappa shape index (κ2) is 5.17. The van der Waals surface area contributed by atoms with E-state index in [2.05, 4.69) is 10.3 Å². The van der Waals surface area contributed by atoms with Crippen molar-refractivity contribution in [2.75, 3.05) is 11.1 Å². The van der Waals surface area contributed by atoms with E-state index in [4.69, 9.17) is 5.73 Å². The highest BCUT2D eigenvalue weighted by Crippen LogP contribution is 2.30. The van der Waals surface area contributed by atoms with Crippen molar-refractivity contribution in [2.45, 2.75) is 12.7 Å². The van der Waals surface area contributed by atoms with Crippen LogP contribution in [0.2, 0.25) is 0 Å². The normalized spacial score (nSPS) is 11.3. The van der Waals surface area contributed by atoms with Crippen LogP contribution >= 0.6 is 0 Å². The maximum Gasteiger partial charge on any atom is 0.416 e. The number of anilines is 2. The van der Waals surface area contributed by atoms with E-state index in [1.54, 1.807) is 18.2 Å². The Morgan fingerprint density at radius 1 is 1.16 bits per heavy atom. The molecule has 0 amide bonds. The van der Waals surface area contributed by atoms with Gasteiger partial charge in [0.25, 0.3) is 0 Å². The molecule has 1 aromatic heterocycles. The molecule has 0 unspecified atom stereocenters. The van der Waals surface area contributed by atoms with Crippen LogP contribution < -0.4 is 11.1 Å². The van der Waals surface area contributed by atoms with Crippen LogP contribution in [0, 0.1) is 0 Å². The van der Waals surface area contributed by atoms with Gasteiger partial charge in [-0.2, -0.15) is 13.2 Å². The van der Waals surface area contributed by atoms with Crippen molar-refractivity contribution < 1.29 is 13.2 Å². The van der Waals surface area contributed by atoms with Gasteiger partial charge in [0.2, 0.25) is 0 Å². The Labute approximate surface area is 108 Å². The number of rotatable bonds is 3. The second-order valence-electron chi connectivity index (χ2n) is 4.01. The van der Waals surface area contributed by atoms with Crippen molar-refractivity contribution in [3.63, 3.8) is 0 Å². The van der Waals surface area contributed by atoms with E-state index in [-0.39, 0.29) is 0 Å². The lowest BCUT2D eigenvalue weighted by Crippen LogP contribution is -2.07. The van der Waals surface area contributed by atoms with E-state index in [0.29, 0.717) is 23.6 Å². The SMILES string of the molecule is Nc1ccc(CNc2cccc(C(F)(F)F)c2)nc1. The average Bonchev–Trinajstić information content (AvgIpc) is 2.37. The van der Waals surface area contributed by atoms with E-state index in [0.717, 1.165) is 12.1 Å². The quantitative estimate of drug-likeness (QED) is 0.897. The number of alkyl halides is 3. The van der Waals surface area contributed by atoms with Crippen molar-refractivity contribution in [3.8, 4) is 0 Å². The summed E-state index contributed by atoms with van der Waals surface area (Å²) in [5, 5.41) is 2.89. The maximum absolute atomic E-state index is 12.5. The maximum atomic E-state index is 12.5. The number of halogens is 3. The van der Waals surface area contributed by atoms with Gasteiger partial charge in [0, 0.05) is 5.69 Å². The minimum Gasteiger partial charge on any atom is -0.397 e. The lowest BCUT2D eigenvalue weighted by Gasteiger charge is -2.10. The molecule has 0 aliphatic carbocycles. The summed E-state index contributed by atoms with van der Waals surface area (Å²) in [6.07, 6.45) is -2.83. The first-order chi connectivity index (χ1) is 8.95. The van der Waals surface area contributed by atoms with Crippen LogP contribution in [-0.2, 0) is 12.7 Å². The van der Waals surface area contributed by atoms with Gasteiger partial charge in [0.15, 0.2) is 0 Å². The van der Waals surface area contributed by atoms with Crippen molar-refractivity contribution in [1.29, 1.82) is 0 Å². The Hall–Kier alpha value is -2.24. The number of hydrogen-bond donors (Lipinski definition) is 2. The summed E-state index contributed by atoms with van der Waals surface area (Å²) < 4.78 is 37.6. The van der Waals surface area contributed by atoms with Gasteiger partial charge in [-0.15, -0.1) is 0 Å². The molecule has 100 valence electrons. The molecule has 1 heterocycles. The Morgan fingerprint density at radius 3 is 2.58 bits per heavy atom. The fraction of sp³-hybridized carbons (Fsp3) is 0.154. The van der Waals surface area contributed by atoms with Crippen molar-refractivity contribution in [1.82, 2.24) is 4.98 Å². The van der Waals surface area contributed by atoms with E-state index in [1.165, 1.54) is 12.3 Å². The molecule has 0 spiro atoms. The Bertz CT molecular complexity index is 550. The largest absolute Gasteiger partial charge is 0.416 e. The van der Waals surface area contributed by atoms with Crippen molar-refractivity contribution in [2.24, 2.45) is 0 Å². The number of nitrogens with one attached hydrogen (secondary N) is 1. The van der Waals surface area contributed by atoms with Gasteiger partial charge in [0.1, 0.15) is 0 Å². The molecular weight excluding hydrogens is 255 g/mol. The van der Waals surface area contributed by atoms with Gasteiger partial charge in [-0.05, 0) is 30.3 Å². The average molecular weight is 267 g/mol. The number of nitrogens with two attached hydrogens (primary N) is 1. The van der Waals surface area contributed by atoms with Crippen molar-refractivity contribution in [3.05, 3.63) is 53.9 Å². The molecule has 0 bridgehead atoms. The molecule has 0 aliphatic heterocycles. The molecule has 1 aromatic carbocycles. The van der Waals surface area contributed by atoms with Crippen LogP contribution in [0.1, 0.15) is 11.3 Å². The highest BCUT2D eigenvalue weighted by atomic mass is 19.4. The number of aromatic nitrogens is 1. The van der Waals surface area contributed by atoms with E-state index in [1.807, 2.05) is 0 Å². The van der Waals surface area contributed by atoms with Gasteiger partial charge < -0.3 is 11.1 Å². The minimum absolute atomic E-state index is 0.335. The van der Waals surface area contributed by atoms with E-state index < -0.39 is 11.7 Å². The first-order valence-corrected chi connectivity index (χ1v) is 5.57. The predicted octanol–water partition coefficient (Wildman–Crippen LogP) is 3.29. The van der Waals surface area contributed by atoms with Gasteiger partial charge in [0.05, 0.1) is 29.7 Å². The summed E-state index contributed by atoms with van der Waals surface area (Å²) in [5.74, 6) is 0. The number of pyridine rings is 1. The van der Waals surface area contributed by atoms with Crippen LogP contribution in [-0.4, -0.2) is 4.98 Å². The lowest BCUT2D eigenvalue weighted by atomic mass is 10.2. The molecule has 6 heteroatoms. The lowest BCUT2D eigenvalue weighted by molar-refractivity contribution is -0.137. The number of benzene rings is 1. The third-order valence-electron chi connectivity index (χ3n) is 2.51. The van der Waals surface area contributed by atoms with E-state index >= 15 is 0 Å². The number of nitrogens with zero attached hydrogens (tertiary/aromatic N) is 1. The Kier molecular flexibility index (Phi) is 3.59. The topological polar surface area (TPSA) is 50.9 Å². The Balaban J connectivity index is 2.05. The second-order valence-corrected chi connectivity index (χ2v) is 4.01. The summed E-state index contributed by atoms with van der Waals surface area (Å²) in [7, 11) is 0. The van der Waals surface area contributed by atoms with E-state index in [9.17, 15) is 13.2 Å². The summed E-state index contributed by atoms with van der Waals surface area (Å²) in [5.41, 5.74) is 6.46. The highest BCUT2D eigenvalue weighted by Gasteiger charge is 2.30. The molecular formula is C13H12F3N3. The Morgan fingerprint density at radius 2 is 1.95 bits per heavy atom. The summed E-state index contributed by atoms with van der Waals surface area (Å²) in [4.78, 5) is 4.05. The smallest absolute Gasteiger partial charge is 0.397 e. The predicted molar refractivity (Wildman–Crippen MR) is 67.4 cm³/mol. The monoisotopic (exact) mass is 267 g/mol. The minimum atomic E-state index is -4.34. The third kappa shape index (κ3) is 3.61. The highest BCUT2D eigenvalue weighted by molar-refractivity contribution is 5.47. The molecule has 19 heavy (non-hydrogen) atoms. The molecule has 3 N–H and O–H groups in total. The molecule has 0 atom stereocenters. The third-order valence-corrected chi connectivity index (χ3v) is 2.51. The van der Waals surface area contributed by atoms with Crippen LogP contribution in [0.25, 0.3) is 0 Å². The molecule has 0 radical (unpaired) electrons. The van der Waals surface area contributed by atoms with Crippen LogP contribution in [0.15, 0.2) is 42.6 Å². The molecule has 2 aromatic rings. The number of nitrogen functional groups attached to an aromatic ring is 1. The summed E-state index contributed by atoms with van der Waals surface area (Å²) >= 11 is 0. The van der Waals surface area contributed by atoms with Crippen LogP contribution in [0.5, 0.6) is 0 Å². The zero-order valence-corrected chi connectivity index (χ0v) is 9.91. The first kappa shape index (κ1) is 13.2. The van der Waals surface area contributed by atoms with Crippen molar-refractivity contribution >= 4 is 11.4 Å². The molecule has 2 rings (SSSR count). The fourth-order valence-corrected chi connectivity index (χ4v) is 1.54. The van der Waals surface area contributed by atoms with Crippen LogP contribution in [0.3, 0.4) is 0 Å². The molecule has 0 fully saturated rings. The fourth-order valence-electron chi connectivity index (χ4n) is 1.54. The molecule has 0 saturated heterocycles. The molecule has 0 saturated carbocycles. The summed E-state index contributed by atoms with van der Waals surface area (Å²) in [6, 6.07) is 8.45. The van der Waals surface area contributed by atoms with Gasteiger partial charge in [-0.1, -0.05) is 6.07 Å². The number of hydrogen-bond acceptors (Lipinski definition) is 3. The first-order valence-electron chi connectivity index (χ1n) is 5.57. The van der Waals surface area contributed by atoms with Gasteiger partial charge in [-0.3, -0.25) is 4.98 Å². The van der Waals surface area contributed by atoms with Gasteiger partial charge >= 0.3 is 6.18 Å². The molecule has 0 aliphatic rings. The van der Waals surface area contributed by atoms with Gasteiger partial charge in [-0.25, -0.2) is 0 Å². The zero-order valence-electron chi connectivity index (χ0n) is 9.91. The standard InChI is InChI=1S/C13H12F3N3/c14-13(15,16)9-2-1-3-11(6-9)19-8-12-5-4-10(17)7-18-12/h1-7,19H,8,17H2. The zero-order chi connectivity index (χ0) is 13.9. The molecule has 3 nitrogen and oxygen atoms in total. The summed E-state index contributed by atoms with van der Waals surface area (Å²) in [6.45, 7) is 0.335.